The van der Waals surface area contributed by atoms with Gasteiger partial charge in [-0.2, -0.15) is 9.98 Å². The van der Waals surface area contributed by atoms with Crippen molar-refractivity contribution in [2.45, 2.75) is 46.0 Å². The Kier molecular flexibility index (Phi) is 7.95. The van der Waals surface area contributed by atoms with Crippen molar-refractivity contribution in [1.82, 2.24) is 9.71 Å². The molecule has 0 bridgehead atoms. The third-order valence-electron chi connectivity index (χ3n) is 6.05. The summed E-state index contributed by atoms with van der Waals surface area (Å²) in [6, 6.07) is 11.6. The van der Waals surface area contributed by atoms with E-state index >= 15 is 0 Å². The quantitative estimate of drug-likeness (QED) is 0.467. The first-order valence-electron chi connectivity index (χ1n) is 10.7. The van der Waals surface area contributed by atoms with E-state index in [9.17, 15) is 19.4 Å². The van der Waals surface area contributed by atoms with Crippen molar-refractivity contribution in [2.75, 3.05) is 18.0 Å². The van der Waals surface area contributed by atoms with E-state index in [4.69, 9.17) is 4.74 Å². The van der Waals surface area contributed by atoms with E-state index in [2.05, 4.69) is 15.8 Å². The maximum absolute atomic E-state index is 12.9. The van der Waals surface area contributed by atoms with Crippen LogP contribution in [0.25, 0.3) is 0 Å². The number of anilines is 1. The minimum absolute atomic E-state index is 0.0365. The van der Waals surface area contributed by atoms with Crippen LogP contribution in [-0.2, 0) is 38.0 Å². The van der Waals surface area contributed by atoms with Crippen LogP contribution in [0, 0.1) is 30.6 Å². The van der Waals surface area contributed by atoms with E-state index in [0.717, 1.165) is 16.7 Å². The van der Waals surface area contributed by atoms with Crippen LogP contribution in [0.15, 0.2) is 30.3 Å². The molecule has 33 heavy (non-hydrogen) atoms. The molecule has 8 nitrogen and oxygen atoms in total. The van der Waals surface area contributed by atoms with Crippen molar-refractivity contribution in [3.8, 4) is 6.07 Å². The van der Waals surface area contributed by atoms with Crippen molar-refractivity contribution in [3.63, 3.8) is 0 Å². The first kappa shape index (κ1) is 24.6. The van der Waals surface area contributed by atoms with Gasteiger partial charge in [0.15, 0.2) is 5.75 Å². The van der Waals surface area contributed by atoms with E-state index in [1.807, 2.05) is 49.9 Å². The molecule has 3 rings (SSSR count). The molecule has 0 aliphatic carbocycles. The Labute approximate surface area is 197 Å². The van der Waals surface area contributed by atoms with Gasteiger partial charge in [0.05, 0.1) is 28.0 Å². The second-order valence-corrected chi connectivity index (χ2v) is 9.78. The van der Waals surface area contributed by atoms with Gasteiger partial charge < -0.3 is 14.2 Å². The number of nitrogens with one attached hydrogen (secondary N) is 1. The van der Waals surface area contributed by atoms with Crippen molar-refractivity contribution in [2.24, 2.45) is 5.41 Å². The summed E-state index contributed by atoms with van der Waals surface area (Å²) in [4.78, 5) is 30.0. The normalized spacial score (nSPS) is 15.9. The van der Waals surface area contributed by atoms with Gasteiger partial charge in [-0.05, 0) is 38.3 Å². The highest BCUT2D eigenvalue weighted by Gasteiger charge is 2.39. The molecule has 1 atom stereocenters. The molecule has 1 aliphatic rings. The van der Waals surface area contributed by atoms with E-state index in [-0.39, 0.29) is 18.3 Å². The monoisotopic (exact) mass is 468 g/mol. The Morgan fingerprint density at radius 2 is 2.00 bits per heavy atom. The van der Waals surface area contributed by atoms with Crippen molar-refractivity contribution < 1.29 is 18.9 Å². The van der Waals surface area contributed by atoms with E-state index < -0.39 is 16.8 Å². The Morgan fingerprint density at radius 1 is 1.33 bits per heavy atom. The van der Waals surface area contributed by atoms with Gasteiger partial charge in [0, 0.05) is 18.7 Å². The summed E-state index contributed by atoms with van der Waals surface area (Å²) in [5.74, 6) is 0.557. The Hall–Kier alpha value is -3.09. The number of carbonyl (C=O) groups is 2. The molecule has 174 valence electrons. The number of nitrogens with zero attached hydrogens (tertiary/aromatic N) is 3. The maximum Gasteiger partial charge on any atom is 0.293 e. The smallest absolute Gasteiger partial charge is 0.293 e. The standard InChI is InChI=1S/C24H28N4O4S/c1-17-4-6-19(7-5-17)15-33(31)27-23(30)24(3)8-10-28(11-9-24)22-20(13-25)12-18(2)21(26-22)14-32-16-29/h4-7,12,16H,8-11,14-15H2,1-3H3,(H,27,30). The average molecular weight is 469 g/mol. The summed E-state index contributed by atoms with van der Waals surface area (Å²) in [5.41, 5.74) is 3.17. The van der Waals surface area contributed by atoms with Crippen LogP contribution in [-0.4, -0.2) is 35.0 Å². The van der Waals surface area contributed by atoms with Gasteiger partial charge >= 0.3 is 0 Å². The first-order chi connectivity index (χ1) is 15.8. The fraction of sp³-hybridized carbons (Fsp3) is 0.417. The third kappa shape index (κ3) is 6.03. The lowest BCUT2D eigenvalue weighted by molar-refractivity contribution is -0.130. The molecule has 1 unspecified atom stereocenters. The molecular formula is C24H28N4O4S. The minimum atomic E-state index is -1.51. The van der Waals surface area contributed by atoms with Crippen LogP contribution in [0.5, 0.6) is 0 Å². The Morgan fingerprint density at radius 3 is 2.61 bits per heavy atom. The Bertz CT molecular complexity index is 1040. The number of amides is 1. The van der Waals surface area contributed by atoms with Gasteiger partial charge in [-0.15, -0.1) is 0 Å². The van der Waals surface area contributed by atoms with E-state index in [1.54, 1.807) is 6.07 Å². The minimum Gasteiger partial charge on any atom is -0.593 e. The topological polar surface area (TPSA) is 118 Å². The van der Waals surface area contributed by atoms with Gasteiger partial charge in [0.1, 0.15) is 18.5 Å². The van der Waals surface area contributed by atoms with Gasteiger partial charge in [-0.3, -0.25) is 9.59 Å². The molecular weight excluding hydrogens is 440 g/mol. The lowest BCUT2D eigenvalue weighted by atomic mass is 9.79. The number of rotatable bonds is 8. The lowest BCUT2D eigenvalue weighted by Gasteiger charge is -2.38. The number of benzene rings is 1. The number of carbonyl (C=O) groups excluding carboxylic acids is 2. The summed E-state index contributed by atoms with van der Waals surface area (Å²) in [7, 11) is 0. The molecule has 0 radical (unpaired) electrons. The SMILES string of the molecule is Cc1ccc(C[S+]([O-])NC(=O)C2(C)CCN(c3nc(COC=O)c(C)cc3C#N)CC2)cc1. The second kappa shape index (κ2) is 10.7. The predicted octanol–water partition coefficient (Wildman–Crippen LogP) is 2.83. The molecule has 2 heterocycles. The zero-order valence-corrected chi connectivity index (χ0v) is 19.9. The highest BCUT2D eigenvalue weighted by atomic mass is 32.2. The van der Waals surface area contributed by atoms with E-state index in [1.165, 1.54) is 0 Å². The number of ether oxygens (including phenoxy) is 1. The molecule has 0 saturated carbocycles. The van der Waals surface area contributed by atoms with E-state index in [0.29, 0.717) is 49.5 Å². The number of nitriles is 1. The average Bonchev–Trinajstić information content (AvgIpc) is 2.80. The fourth-order valence-corrected chi connectivity index (χ4v) is 4.78. The fourth-order valence-electron chi connectivity index (χ4n) is 3.76. The van der Waals surface area contributed by atoms with Crippen LogP contribution in [0.1, 0.15) is 47.7 Å². The Balaban J connectivity index is 1.64. The lowest BCUT2D eigenvalue weighted by Crippen LogP contribution is -2.49. The third-order valence-corrected chi connectivity index (χ3v) is 7.05. The van der Waals surface area contributed by atoms with Crippen LogP contribution < -0.4 is 9.62 Å². The number of hydrogen-bond acceptors (Lipinski definition) is 7. The number of pyridine rings is 1. The molecule has 1 aromatic heterocycles. The van der Waals surface area contributed by atoms with Gasteiger partial charge in [-0.1, -0.05) is 36.8 Å². The molecule has 1 saturated heterocycles. The van der Waals surface area contributed by atoms with Gasteiger partial charge in [0.2, 0.25) is 0 Å². The highest BCUT2D eigenvalue weighted by molar-refractivity contribution is 7.89. The summed E-state index contributed by atoms with van der Waals surface area (Å²) in [6.45, 7) is 7.12. The number of aromatic nitrogens is 1. The summed E-state index contributed by atoms with van der Waals surface area (Å²) >= 11 is -1.51. The molecule has 1 fully saturated rings. The molecule has 2 aromatic rings. The van der Waals surface area contributed by atoms with Crippen molar-refractivity contribution in [1.29, 1.82) is 5.26 Å². The predicted molar refractivity (Wildman–Crippen MR) is 125 cm³/mol. The summed E-state index contributed by atoms with van der Waals surface area (Å²) in [5, 5.41) is 9.56. The largest absolute Gasteiger partial charge is 0.593 e. The number of hydrogen-bond donors (Lipinski definition) is 1. The molecule has 1 amide bonds. The molecule has 1 N–H and O–H groups in total. The van der Waals surface area contributed by atoms with Gasteiger partial charge in [0.25, 0.3) is 12.4 Å². The first-order valence-corrected chi connectivity index (χ1v) is 12.0. The second-order valence-electron chi connectivity index (χ2n) is 8.60. The summed E-state index contributed by atoms with van der Waals surface area (Å²) < 4.78 is 20.0. The highest BCUT2D eigenvalue weighted by Crippen LogP contribution is 2.34. The zero-order chi connectivity index (χ0) is 24.0. The zero-order valence-electron chi connectivity index (χ0n) is 19.1. The number of piperidine rings is 1. The van der Waals surface area contributed by atoms with Crippen LogP contribution in [0.2, 0.25) is 0 Å². The van der Waals surface area contributed by atoms with Crippen molar-refractivity contribution >= 4 is 29.6 Å². The summed E-state index contributed by atoms with van der Waals surface area (Å²) in [6.07, 6.45) is 1.06. The van der Waals surface area contributed by atoms with Crippen LogP contribution in [0.4, 0.5) is 5.82 Å². The molecule has 1 aromatic carbocycles. The van der Waals surface area contributed by atoms with Crippen LogP contribution >= 0.6 is 0 Å². The maximum atomic E-state index is 12.9. The molecule has 0 spiro atoms. The van der Waals surface area contributed by atoms with Gasteiger partial charge in [-0.25, -0.2) is 4.98 Å². The van der Waals surface area contributed by atoms with Crippen molar-refractivity contribution in [3.05, 3.63) is 58.3 Å². The molecule has 9 heteroatoms. The number of aryl methyl sites for hydroxylation is 2. The molecule has 1 aliphatic heterocycles. The van der Waals surface area contributed by atoms with Crippen LogP contribution in [0.3, 0.4) is 0 Å².